The number of nitrogens with zero attached hydrogens (tertiary/aromatic N) is 2. The van der Waals surface area contributed by atoms with Crippen molar-refractivity contribution in [2.45, 2.75) is 13.0 Å². The SMILES string of the molecule is Clc1ccc(Cc2nnc(-c3ccc(COc4cccc5ccccc45)o3)o2)cc1. The van der Waals surface area contributed by atoms with Crippen molar-refractivity contribution in [3.63, 3.8) is 0 Å². The highest BCUT2D eigenvalue weighted by Crippen LogP contribution is 2.27. The zero-order chi connectivity index (χ0) is 20.3. The van der Waals surface area contributed by atoms with Crippen molar-refractivity contribution in [1.82, 2.24) is 10.2 Å². The molecule has 0 saturated heterocycles. The van der Waals surface area contributed by atoms with E-state index in [0.717, 1.165) is 22.1 Å². The molecule has 0 N–H and O–H groups in total. The normalized spacial score (nSPS) is 11.1. The molecule has 0 saturated carbocycles. The molecular formula is C24H17ClN2O3. The first kappa shape index (κ1) is 18.5. The molecule has 0 radical (unpaired) electrons. The summed E-state index contributed by atoms with van der Waals surface area (Å²) in [6.45, 7) is 0.305. The van der Waals surface area contributed by atoms with Crippen molar-refractivity contribution in [3.05, 3.63) is 101 Å². The fourth-order valence-corrected chi connectivity index (χ4v) is 3.37. The molecule has 2 heterocycles. The standard InChI is InChI=1S/C24H17ClN2O3/c25-18-10-8-16(9-11-18)14-23-26-27-24(30-23)22-13-12-19(29-22)15-28-21-7-3-5-17-4-1-2-6-20(17)21/h1-13H,14-15H2. The van der Waals surface area contributed by atoms with Gasteiger partial charge in [-0.15, -0.1) is 10.2 Å². The van der Waals surface area contributed by atoms with Gasteiger partial charge < -0.3 is 13.6 Å². The first-order chi connectivity index (χ1) is 14.7. The topological polar surface area (TPSA) is 61.3 Å². The highest BCUT2D eigenvalue weighted by atomic mass is 35.5. The van der Waals surface area contributed by atoms with Gasteiger partial charge in [0.25, 0.3) is 5.89 Å². The van der Waals surface area contributed by atoms with Crippen LogP contribution < -0.4 is 4.74 Å². The lowest BCUT2D eigenvalue weighted by Gasteiger charge is -2.07. The largest absolute Gasteiger partial charge is 0.485 e. The lowest BCUT2D eigenvalue weighted by atomic mass is 10.1. The van der Waals surface area contributed by atoms with E-state index < -0.39 is 0 Å². The minimum atomic E-state index is 0.305. The fourth-order valence-electron chi connectivity index (χ4n) is 3.24. The van der Waals surface area contributed by atoms with Crippen molar-refractivity contribution in [3.8, 4) is 17.4 Å². The number of fused-ring (bicyclic) bond motifs is 1. The number of rotatable bonds is 6. The molecule has 0 bridgehead atoms. The molecule has 0 fully saturated rings. The number of aromatic nitrogens is 2. The average Bonchev–Trinajstić information content (AvgIpc) is 3.43. The molecule has 148 valence electrons. The third-order valence-corrected chi connectivity index (χ3v) is 4.98. The van der Waals surface area contributed by atoms with Crippen molar-refractivity contribution < 1.29 is 13.6 Å². The number of furan rings is 1. The first-order valence-corrected chi connectivity index (χ1v) is 9.89. The highest BCUT2D eigenvalue weighted by molar-refractivity contribution is 6.30. The maximum absolute atomic E-state index is 5.98. The zero-order valence-electron chi connectivity index (χ0n) is 15.9. The van der Waals surface area contributed by atoms with E-state index in [9.17, 15) is 0 Å². The van der Waals surface area contributed by atoms with Gasteiger partial charge in [-0.2, -0.15) is 0 Å². The van der Waals surface area contributed by atoms with Crippen LogP contribution in [0.25, 0.3) is 22.4 Å². The van der Waals surface area contributed by atoms with Gasteiger partial charge in [-0.3, -0.25) is 0 Å². The molecule has 5 aromatic rings. The van der Waals surface area contributed by atoms with Crippen LogP contribution in [0.2, 0.25) is 5.02 Å². The Hall–Kier alpha value is -3.57. The van der Waals surface area contributed by atoms with E-state index >= 15 is 0 Å². The van der Waals surface area contributed by atoms with Gasteiger partial charge in [0.1, 0.15) is 18.1 Å². The summed E-state index contributed by atoms with van der Waals surface area (Å²) in [5.74, 6) is 2.86. The minimum absolute atomic E-state index is 0.305. The molecule has 0 aliphatic heterocycles. The maximum Gasteiger partial charge on any atom is 0.283 e. The molecule has 3 aromatic carbocycles. The van der Waals surface area contributed by atoms with E-state index in [1.165, 1.54) is 0 Å². The summed E-state index contributed by atoms with van der Waals surface area (Å²) in [5, 5.41) is 11.1. The van der Waals surface area contributed by atoms with Crippen LogP contribution in [0.1, 0.15) is 17.2 Å². The van der Waals surface area contributed by atoms with Crippen LogP contribution in [0, 0.1) is 0 Å². The Kier molecular flexibility index (Phi) is 4.95. The van der Waals surface area contributed by atoms with Crippen LogP contribution in [0.15, 0.2) is 87.7 Å². The summed E-state index contributed by atoms with van der Waals surface area (Å²) in [7, 11) is 0. The van der Waals surface area contributed by atoms with Gasteiger partial charge in [-0.1, -0.05) is 60.1 Å². The van der Waals surface area contributed by atoms with E-state index in [0.29, 0.717) is 41.4 Å². The molecule has 0 amide bonds. The van der Waals surface area contributed by atoms with Crippen molar-refractivity contribution in [1.29, 1.82) is 0 Å². The van der Waals surface area contributed by atoms with Gasteiger partial charge in [-0.25, -0.2) is 0 Å². The molecule has 0 aliphatic rings. The summed E-state index contributed by atoms with van der Waals surface area (Å²) in [4.78, 5) is 0. The van der Waals surface area contributed by atoms with Crippen LogP contribution in [-0.2, 0) is 13.0 Å². The third-order valence-electron chi connectivity index (χ3n) is 4.73. The van der Waals surface area contributed by atoms with Gasteiger partial charge in [-0.05, 0) is 41.3 Å². The lowest BCUT2D eigenvalue weighted by Crippen LogP contribution is -1.94. The summed E-state index contributed by atoms with van der Waals surface area (Å²) < 4.78 is 17.6. The fraction of sp³-hybridized carbons (Fsp3) is 0.0833. The number of hydrogen-bond acceptors (Lipinski definition) is 5. The van der Waals surface area contributed by atoms with E-state index in [1.807, 2.05) is 60.7 Å². The van der Waals surface area contributed by atoms with Crippen molar-refractivity contribution in [2.75, 3.05) is 0 Å². The van der Waals surface area contributed by atoms with Crippen molar-refractivity contribution >= 4 is 22.4 Å². The highest BCUT2D eigenvalue weighted by Gasteiger charge is 2.14. The second kappa shape index (κ2) is 8.05. The first-order valence-electron chi connectivity index (χ1n) is 9.51. The van der Waals surface area contributed by atoms with Gasteiger partial charge in [0.05, 0.1) is 6.42 Å². The predicted molar refractivity (Wildman–Crippen MR) is 115 cm³/mol. The Bertz CT molecular complexity index is 1290. The Balaban J connectivity index is 1.27. The lowest BCUT2D eigenvalue weighted by molar-refractivity contribution is 0.274. The van der Waals surface area contributed by atoms with Crippen LogP contribution in [0.4, 0.5) is 0 Å². The number of halogens is 1. The number of hydrogen-bond donors (Lipinski definition) is 0. The molecule has 0 spiro atoms. The Morgan fingerprint density at radius 1 is 0.800 bits per heavy atom. The average molecular weight is 417 g/mol. The molecule has 0 aliphatic carbocycles. The Morgan fingerprint density at radius 2 is 1.63 bits per heavy atom. The number of ether oxygens (including phenoxy) is 1. The smallest absolute Gasteiger partial charge is 0.283 e. The van der Waals surface area contributed by atoms with Crippen LogP contribution in [0.3, 0.4) is 0 Å². The summed E-state index contributed by atoms with van der Waals surface area (Å²) in [5.41, 5.74) is 1.04. The maximum atomic E-state index is 5.98. The minimum Gasteiger partial charge on any atom is -0.485 e. The number of benzene rings is 3. The summed E-state index contributed by atoms with van der Waals surface area (Å²) in [6, 6.07) is 25.3. The summed E-state index contributed by atoms with van der Waals surface area (Å²) >= 11 is 5.92. The Morgan fingerprint density at radius 3 is 2.53 bits per heavy atom. The van der Waals surface area contributed by atoms with Gasteiger partial charge >= 0.3 is 0 Å². The second-order valence-electron chi connectivity index (χ2n) is 6.84. The van der Waals surface area contributed by atoms with E-state index in [4.69, 9.17) is 25.2 Å². The van der Waals surface area contributed by atoms with E-state index in [2.05, 4.69) is 22.3 Å². The van der Waals surface area contributed by atoms with E-state index in [-0.39, 0.29) is 0 Å². The second-order valence-corrected chi connectivity index (χ2v) is 7.27. The summed E-state index contributed by atoms with van der Waals surface area (Å²) in [6.07, 6.45) is 0.530. The molecule has 5 nitrogen and oxygen atoms in total. The van der Waals surface area contributed by atoms with Crippen LogP contribution >= 0.6 is 11.6 Å². The zero-order valence-corrected chi connectivity index (χ0v) is 16.7. The Labute approximate surface area is 177 Å². The van der Waals surface area contributed by atoms with Crippen LogP contribution in [0.5, 0.6) is 5.75 Å². The third kappa shape index (κ3) is 3.93. The van der Waals surface area contributed by atoms with Crippen molar-refractivity contribution in [2.24, 2.45) is 0 Å². The van der Waals surface area contributed by atoms with Gasteiger partial charge in [0.2, 0.25) is 5.89 Å². The van der Waals surface area contributed by atoms with E-state index in [1.54, 1.807) is 6.07 Å². The molecule has 5 rings (SSSR count). The molecule has 30 heavy (non-hydrogen) atoms. The predicted octanol–water partition coefficient (Wildman–Crippen LogP) is 6.31. The van der Waals surface area contributed by atoms with Crippen LogP contribution in [-0.4, -0.2) is 10.2 Å². The molecular weight excluding hydrogens is 400 g/mol. The van der Waals surface area contributed by atoms with Gasteiger partial charge in [0.15, 0.2) is 5.76 Å². The monoisotopic (exact) mass is 416 g/mol. The molecule has 0 unspecified atom stereocenters. The quantitative estimate of drug-likeness (QED) is 0.324. The van der Waals surface area contributed by atoms with Gasteiger partial charge in [0, 0.05) is 10.4 Å². The molecule has 0 atom stereocenters. The molecule has 6 heteroatoms. The molecule has 2 aromatic heterocycles.